The van der Waals surface area contributed by atoms with Crippen LogP contribution in [0.4, 0.5) is 5.69 Å². The number of amides is 1. The Kier molecular flexibility index (Phi) is 5.66. The summed E-state index contributed by atoms with van der Waals surface area (Å²) in [6.45, 7) is 0.0910. The standard InChI is InChI=1S/C26H21NO8/c1-30-20-11-15(12-21(31-2)24(20)32-3)26(29)27-22-16-6-4-5-7-17(16)35-25(22)23(28)14-8-9-18-19(10-14)34-13-33-18/h4-12H,13H2,1-3H3,(H,27,29). The zero-order valence-electron chi connectivity index (χ0n) is 19.2. The number of hydrogen-bond donors (Lipinski definition) is 1. The van der Waals surface area contributed by atoms with Gasteiger partial charge in [0, 0.05) is 16.5 Å². The van der Waals surface area contributed by atoms with Crippen LogP contribution in [-0.4, -0.2) is 39.8 Å². The molecule has 0 saturated carbocycles. The number of ketones is 1. The summed E-state index contributed by atoms with van der Waals surface area (Å²) in [7, 11) is 4.40. The summed E-state index contributed by atoms with van der Waals surface area (Å²) in [5.74, 6) is 1.12. The number of furan rings is 1. The summed E-state index contributed by atoms with van der Waals surface area (Å²) in [6, 6.07) is 15.0. The van der Waals surface area contributed by atoms with Gasteiger partial charge in [-0.05, 0) is 42.5 Å². The van der Waals surface area contributed by atoms with Crippen LogP contribution in [0.2, 0.25) is 0 Å². The SMILES string of the molecule is COc1cc(C(=O)Nc2c(C(=O)c3ccc4c(c3)OCO4)oc3ccccc23)cc(OC)c1OC. The lowest BCUT2D eigenvalue weighted by molar-refractivity contribution is 0.101. The topological polar surface area (TPSA) is 105 Å². The van der Waals surface area contributed by atoms with Gasteiger partial charge in [-0.2, -0.15) is 0 Å². The molecule has 0 fully saturated rings. The predicted octanol–water partition coefficient (Wildman–Crippen LogP) is 4.67. The van der Waals surface area contributed by atoms with Gasteiger partial charge in [0.1, 0.15) is 5.58 Å². The normalized spacial score (nSPS) is 11.9. The first-order valence-electron chi connectivity index (χ1n) is 10.6. The van der Waals surface area contributed by atoms with Crippen molar-refractivity contribution in [1.82, 2.24) is 0 Å². The van der Waals surface area contributed by atoms with E-state index in [1.807, 2.05) is 0 Å². The summed E-state index contributed by atoms with van der Waals surface area (Å²) < 4.78 is 32.6. The van der Waals surface area contributed by atoms with Gasteiger partial charge in [0.25, 0.3) is 5.91 Å². The number of hydrogen-bond acceptors (Lipinski definition) is 8. The molecule has 9 heteroatoms. The van der Waals surface area contributed by atoms with E-state index >= 15 is 0 Å². The summed E-state index contributed by atoms with van der Waals surface area (Å²) in [6.07, 6.45) is 0. The third-order valence-corrected chi connectivity index (χ3v) is 5.60. The van der Waals surface area contributed by atoms with Gasteiger partial charge in [-0.1, -0.05) is 12.1 Å². The molecule has 0 radical (unpaired) electrons. The maximum Gasteiger partial charge on any atom is 0.256 e. The van der Waals surface area contributed by atoms with Gasteiger partial charge in [-0.15, -0.1) is 0 Å². The summed E-state index contributed by atoms with van der Waals surface area (Å²) in [5.41, 5.74) is 1.28. The maximum atomic E-state index is 13.4. The minimum absolute atomic E-state index is 0.00847. The first-order chi connectivity index (χ1) is 17.0. The number of ether oxygens (including phenoxy) is 5. The molecule has 2 heterocycles. The highest BCUT2D eigenvalue weighted by Crippen LogP contribution is 2.39. The molecule has 1 aliphatic rings. The summed E-state index contributed by atoms with van der Waals surface area (Å²) in [5, 5.41) is 3.41. The first-order valence-corrected chi connectivity index (χ1v) is 10.6. The Balaban J connectivity index is 1.55. The fourth-order valence-electron chi connectivity index (χ4n) is 3.90. The molecular weight excluding hydrogens is 454 g/mol. The predicted molar refractivity (Wildman–Crippen MR) is 126 cm³/mol. The monoisotopic (exact) mass is 475 g/mol. The van der Waals surface area contributed by atoms with E-state index in [1.165, 1.54) is 33.5 Å². The third-order valence-electron chi connectivity index (χ3n) is 5.60. The molecule has 0 aliphatic carbocycles. The number of nitrogens with one attached hydrogen (secondary N) is 1. The van der Waals surface area contributed by atoms with Crippen molar-refractivity contribution in [3.63, 3.8) is 0 Å². The Morgan fingerprint density at radius 3 is 2.26 bits per heavy atom. The van der Waals surface area contributed by atoms with Gasteiger partial charge >= 0.3 is 0 Å². The van der Waals surface area contributed by atoms with Gasteiger partial charge in [0.2, 0.25) is 18.3 Å². The molecule has 4 aromatic rings. The van der Waals surface area contributed by atoms with Crippen LogP contribution < -0.4 is 29.0 Å². The average molecular weight is 475 g/mol. The second-order valence-corrected chi connectivity index (χ2v) is 7.57. The number of rotatable bonds is 7. The van der Waals surface area contributed by atoms with E-state index in [-0.39, 0.29) is 23.8 Å². The zero-order valence-corrected chi connectivity index (χ0v) is 19.2. The van der Waals surface area contributed by atoms with Gasteiger partial charge in [0.15, 0.2) is 28.8 Å². The molecule has 178 valence electrons. The minimum atomic E-state index is -0.490. The maximum absolute atomic E-state index is 13.4. The molecule has 1 amide bonds. The molecule has 0 unspecified atom stereocenters. The fourth-order valence-corrected chi connectivity index (χ4v) is 3.90. The van der Waals surface area contributed by atoms with Gasteiger partial charge < -0.3 is 33.4 Å². The molecule has 1 aliphatic heterocycles. The smallest absolute Gasteiger partial charge is 0.256 e. The van der Waals surface area contributed by atoms with E-state index in [4.69, 9.17) is 28.1 Å². The van der Waals surface area contributed by atoms with E-state index < -0.39 is 11.7 Å². The average Bonchev–Trinajstić information content (AvgIpc) is 3.51. The molecule has 3 aromatic carbocycles. The van der Waals surface area contributed by atoms with E-state index in [2.05, 4.69) is 5.32 Å². The van der Waals surface area contributed by atoms with Crippen molar-refractivity contribution in [2.45, 2.75) is 0 Å². The van der Waals surface area contributed by atoms with E-state index in [1.54, 1.807) is 42.5 Å². The Morgan fingerprint density at radius 2 is 1.54 bits per heavy atom. The molecule has 1 aromatic heterocycles. The van der Waals surface area contributed by atoms with Crippen LogP contribution in [0.15, 0.2) is 59.0 Å². The van der Waals surface area contributed by atoms with Gasteiger partial charge in [0.05, 0.1) is 27.0 Å². The number of methoxy groups -OCH3 is 3. The van der Waals surface area contributed by atoms with Crippen LogP contribution >= 0.6 is 0 Å². The number of para-hydroxylation sites is 1. The lowest BCUT2D eigenvalue weighted by Crippen LogP contribution is -2.15. The van der Waals surface area contributed by atoms with Crippen molar-refractivity contribution in [3.8, 4) is 28.7 Å². The van der Waals surface area contributed by atoms with Crippen molar-refractivity contribution in [3.05, 3.63) is 71.5 Å². The zero-order chi connectivity index (χ0) is 24.5. The van der Waals surface area contributed by atoms with Crippen LogP contribution in [-0.2, 0) is 0 Å². The minimum Gasteiger partial charge on any atom is -0.493 e. The molecule has 0 saturated heterocycles. The summed E-state index contributed by atoms with van der Waals surface area (Å²) in [4.78, 5) is 26.7. The molecule has 0 bridgehead atoms. The highest BCUT2D eigenvalue weighted by Gasteiger charge is 2.26. The van der Waals surface area contributed by atoms with Crippen molar-refractivity contribution >= 4 is 28.3 Å². The second-order valence-electron chi connectivity index (χ2n) is 7.57. The Labute approximate surface area is 200 Å². The first kappa shape index (κ1) is 22.1. The highest BCUT2D eigenvalue weighted by molar-refractivity contribution is 6.19. The van der Waals surface area contributed by atoms with Crippen molar-refractivity contribution in [2.24, 2.45) is 0 Å². The molecule has 9 nitrogen and oxygen atoms in total. The van der Waals surface area contributed by atoms with Gasteiger partial charge in [-0.3, -0.25) is 9.59 Å². The van der Waals surface area contributed by atoms with Crippen LogP contribution in [0.3, 0.4) is 0 Å². The van der Waals surface area contributed by atoms with Crippen LogP contribution in [0.5, 0.6) is 28.7 Å². The molecule has 5 rings (SSSR count). The third kappa shape index (κ3) is 3.86. The van der Waals surface area contributed by atoms with Crippen molar-refractivity contribution in [2.75, 3.05) is 33.4 Å². The Hall–Kier alpha value is -4.66. The Morgan fingerprint density at radius 1 is 0.829 bits per heavy atom. The molecule has 35 heavy (non-hydrogen) atoms. The number of benzene rings is 3. The molecular formula is C26H21NO8. The van der Waals surface area contributed by atoms with E-state index in [0.29, 0.717) is 45.3 Å². The van der Waals surface area contributed by atoms with Crippen LogP contribution in [0.1, 0.15) is 26.5 Å². The number of carbonyl (C=O) groups is 2. The van der Waals surface area contributed by atoms with Gasteiger partial charge in [-0.25, -0.2) is 0 Å². The highest BCUT2D eigenvalue weighted by atomic mass is 16.7. The number of carbonyl (C=O) groups excluding carboxylic acids is 2. The van der Waals surface area contributed by atoms with E-state index in [0.717, 1.165) is 0 Å². The molecule has 1 N–H and O–H groups in total. The number of anilines is 1. The van der Waals surface area contributed by atoms with E-state index in [9.17, 15) is 9.59 Å². The molecule has 0 atom stereocenters. The van der Waals surface area contributed by atoms with Crippen molar-refractivity contribution in [1.29, 1.82) is 0 Å². The van der Waals surface area contributed by atoms with Crippen LogP contribution in [0.25, 0.3) is 11.0 Å². The quantitative estimate of drug-likeness (QED) is 0.385. The lowest BCUT2D eigenvalue weighted by Gasteiger charge is -2.14. The largest absolute Gasteiger partial charge is 0.493 e. The second kappa shape index (κ2) is 8.94. The Bertz CT molecular complexity index is 1430. The van der Waals surface area contributed by atoms with Crippen molar-refractivity contribution < 1.29 is 37.7 Å². The summed E-state index contributed by atoms with van der Waals surface area (Å²) >= 11 is 0. The molecule has 0 spiro atoms. The van der Waals surface area contributed by atoms with Crippen LogP contribution in [0, 0.1) is 0 Å². The lowest BCUT2D eigenvalue weighted by atomic mass is 10.1. The number of fused-ring (bicyclic) bond motifs is 2. The fraction of sp³-hybridized carbons (Fsp3) is 0.154.